The summed E-state index contributed by atoms with van der Waals surface area (Å²) in [6.07, 6.45) is 22.8. The molecular formula is C35H66O8S3Sn. The third kappa shape index (κ3) is 61.4. The molecule has 0 rings (SSSR count). The number of carboxylic acids is 3. The van der Waals surface area contributed by atoms with Crippen molar-refractivity contribution in [2.24, 2.45) is 5.92 Å². The quantitative estimate of drug-likeness (QED) is 0.0507. The molecule has 0 aliphatic rings. The molecule has 276 valence electrons. The van der Waals surface area contributed by atoms with Gasteiger partial charge in [-0.1, -0.05) is 117 Å². The number of methoxy groups -OCH3 is 1. The zero-order valence-electron chi connectivity index (χ0n) is 30.2. The molecule has 0 fully saturated rings. The fourth-order valence-electron chi connectivity index (χ4n) is 3.70. The molecule has 0 aromatic rings. The van der Waals surface area contributed by atoms with E-state index in [9.17, 15) is 34.5 Å². The molecule has 0 aromatic carbocycles. The van der Waals surface area contributed by atoms with E-state index in [2.05, 4.69) is 25.5 Å². The Kier molecular flexibility index (Phi) is 54.5. The van der Waals surface area contributed by atoms with Gasteiger partial charge in [-0.05, 0) is 36.5 Å². The average Bonchev–Trinajstić information content (AvgIpc) is 3.04. The molecule has 1 atom stereocenters. The fraction of sp³-hybridized carbons (Fsp3) is 0.886. The number of ether oxygens (including phenoxy) is 1. The number of carboxylic acid groups (broad SMARTS) is 3. The van der Waals surface area contributed by atoms with E-state index in [1.165, 1.54) is 161 Å². The van der Waals surface area contributed by atoms with Crippen LogP contribution in [0.5, 0.6) is 0 Å². The van der Waals surface area contributed by atoms with E-state index in [1.54, 1.807) is 0 Å². The van der Waals surface area contributed by atoms with E-state index < -0.39 is 17.9 Å². The van der Waals surface area contributed by atoms with Gasteiger partial charge in [0.2, 0.25) is 0 Å². The normalized spacial score (nSPS) is 10.7. The second kappa shape index (κ2) is 47.8. The Morgan fingerprint density at radius 2 is 0.787 bits per heavy atom. The Labute approximate surface area is 314 Å². The first-order valence-corrected chi connectivity index (χ1v) is 23.1. The molecule has 0 amide bonds. The summed E-state index contributed by atoms with van der Waals surface area (Å²) in [6, 6.07) is 0. The minimum atomic E-state index is -0.948. The van der Waals surface area contributed by atoms with E-state index in [0.29, 0.717) is 0 Å². The summed E-state index contributed by atoms with van der Waals surface area (Å²) in [5.41, 5.74) is 0. The summed E-state index contributed by atoms with van der Waals surface area (Å²) >= 11 is 5.78. The molecule has 0 radical (unpaired) electrons. The van der Waals surface area contributed by atoms with Crippen LogP contribution < -0.4 is 15.3 Å². The molecule has 8 nitrogen and oxygen atoms in total. The summed E-state index contributed by atoms with van der Waals surface area (Å²) in [4.78, 5) is 40.7. The Morgan fingerprint density at radius 1 is 0.532 bits per heavy atom. The van der Waals surface area contributed by atoms with Gasteiger partial charge in [0.05, 0.1) is 17.9 Å². The van der Waals surface area contributed by atoms with Gasteiger partial charge in [-0.25, -0.2) is 0 Å². The molecule has 0 saturated heterocycles. The maximum atomic E-state index is 10.5. The van der Waals surface area contributed by atoms with Crippen molar-refractivity contribution in [3.05, 3.63) is 0 Å². The maximum absolute atomic E-state index is 10.5. The van der Waals surface area contributed by atoms with Crippen LogP contribution in [0.25, 0.3) is 0 Å². The summed E-state index contributed by atoms with van der Waals surface area (Å²) in [6.45, 7) is 8.49. The summed E-state index contributed by atoms with van der Waals surface area (Å²) in [5, 5.41) is 30.1. The van der Waals surface area contributed by atoms with Crippen molar-refractivity contribution in [1.82, 2.24) is 0 Å². The number of hydrogen-bond donors (Lipinski definition) is 0. The van der Waals surface area contributed by atoms with Crippen molar-refractivity contribution >= 4 is 81.7 Å². The van der Waals surface area contributed by atoms with E-state index in [0.717, 1.165) is 41.0 Å². The molecule has 0 aliphatic heterocycles. The predicted octanol–water partition coefficient (Wildman–Crippen LogP) is 5.87. The Hall–Kier alpha value is -0.271. The van der Waals surface area contributed by atoms with Crippen molar-refractivity contribution in [2.75, 3.05) is 41.6 Å². The van der Waals surface area contributed by atoms with Gasteiger partial charge in [-0.3, -0.25) is 0 Å². The second-order valence-electron chi connectivity index (χ2n) is 11.2. The first-order chi connectivity index (χ1) is 22.5. The molecule has 1 unspecified atom stereocenters. The van der Waals surface area contributed by atoms with Crippen LogP contribution >= 0.6 is 35.3 Å². The number of unbranched alkanes of at least 4 members (excludes halogenated alkanes) is 15. The van der Waals surface area contributed by atoms with Crippen molar-refractivity contribution in [1.29, 1.82) is 0 Å². The van der Waals surface area contributed by atoms with Crippen LogP contribution in [0.4, 0.5) is 0 Å². The summed E-state index contributed by atoms with van der Waals surface area (Å²) < 4.78 is 5.42. The monoisotopic (exact) mass is 830 g/mol. The molecule has 0 bridgehead atoms. The zero-order chi connectivity index (χ0) is 36.4. The third-order valence-electron chi connectivity index (χ3n) is 6.50. The fourth-order valence-corrected chi connectivity index (χ4v) is 6.34. The van der Waals surface area contributed by atoms with Crippen molar-refractivity contribution < 1.29 is 39.2 Å². The summed E-state index contributed by atoms with van der Waals surface area (Å²) in [5.74, 6) is 0.474. The van der Waals surface area contributed by atoms with Gasteiger partial charge in [0.25, 0.3) is 0 Å². The van der Waals surface area contributed by atoms with Crippen LogP contribution in [-0.2, 0) is 23.9 Å². The van der Waals surface area contributed by atoms with Crippen molar-refractivity contribution in [3.8, 4) is 0 Å². The Balaban J connectivity index is -0.000000266. The molecule has 0 saturated carbocycles. The SMILES string of the molecule is CCCCCCCCSCC(=O)[O-].CCCCCCCCSCC(=O)[O-].CCCCCCCCSCC(=O)[O-].COC(=O)C(C)[CH2][Sn+3]. The van der Waals surface area contributed by atoms with Crippen LogP contribution in [0.15, 0.2) is 0 Å². The average molecular weight is 830 g/mol. The molecule has 47 heavy (non-hydrogen) atoms. The number of hydrogen-bond acceptors (Lipinski definition) is 11. The van der Waals surface area contributed by atoms with Gasteiger partial charge in [0.15, 0.2) is 0 Å². The number of rotatable bonds is 29. The molecular weight excluding hydrogens is 763 g/mol. The van der Waals surface area contributed by atoms with Gasteiger partial charge in [0.1, 0.15) is 0 Å². The van der Waals surface area contributed by atoms with Gasteiger partial charge < -0.3 is 29.7 Å². The first-order valence-electron chi connectivity index (χ1n) is 17.6. The molecule has 0 aliphatic carbocycles. The van der Waals surface area contributed by atoms with E-state index in [-0.39, 0.29) is 29.1 Å². The standard InChI is InChI=1S/3C10H20O2S.C5H9O2.Sn/c3*1-2-3-4-5-6-7-8-13-9-10(11)12;1-4(2)5(6)7-3;/h3*2-9H2,1H3,(H,11,12);4H,1H2,2-3H3;/q;;;;+3/p-3. The topological polar surface area (TPSA) is 147 Å². The Bertz CT molecular complexity index is 616. The molecule has 12 heteroatoms. The third-order valence-corrected chi connectivity index (χ3v) is 11.3. The van der Waals surface area contributed by atoms with Crippen LogP contribution in [0.2, 0.25) is 4.44 Å². The number of carbonyl (C=O) groups is 4. The zero-order valence-corrected chi connectivity index (χ0v) is 35.5. The van der Waals surface area contributed by atoms with Gasteiger partial charge in [0, 0.05) is 17.3 Å². The number of carbonyl (C=O) groups excluding carboxylic acids is 4. The van der Waals surface area contributed by atoms with E-state index >= 15 is 0 Å². The van der Waals surface area contributed by atoms with Gasteiger partial charge in [-0.15, -0.1) is 0 Å². The number of aliphatic carboxylic acids is 3. The van der Waals surface area contributed by atoms with Crippen LogP contribution in [0.3, 0.4) is 0 Å². The van der Waals surface area contributed by atoms with Crippen LogP contribution in [-0.4, -0.2) is 88.0 Å². The van der Waals surface area contributed by atoms with E-state index in [4.69, 9.17) is 0 Å². The summed E-state index contributed by atoms with van der Waals surface area (Å²) in [7, 11) is 1.42. The predicted molar refractivity (Wildman–Crippen MR) is 199 cm³/mol. The van der Waals surface area contributed by atoms with Crippen molar-refractivity contribution in [3.63, 3.8) is 0 Å². The van der Waals surface area contributed by atoms with Gasteiger partial charge >= 0.3 is 62.4 Å². The van der Waals surface area contributed by atoms with Crippen LogP contribution in [0.1, 0.15) is 143 Å². The Morgan fingerprint density at radius 3 is 0.979 bits per heavy atom. The van der Waals surface area contributed by atoms with Crippen molar-refractivity contribution in [2.45, 2.75) is 148 Å². The number of esters is 1. The van der Waals surface area contributed by atoms with E-state index in [1.807, 2.05) is 6.92 Å². The molecule has 0 aromatic heterocycles. The first kappa shape index (κ1) is 53.5. The number of thioether (sulfide) groups is 3. The van der Waals surface area contributed by atoms with Gasteiger partial charge in [-0.2, -0.15) is 35.3 Å². The minimum absolute atomic E-state index is 0.0956. The second-order valence-corrected chi connectivity index (χ2v) is 15.7. The molecule has 0 heterocycles. The molecule has 0 spiro atoms. The molecule has 0 N–H and O–H groups in total. The van der Waals surface area contributed by atoms with Crippen LogP contribution in [0, 0.1) is 5.92 Å².